The van der Waals surface area contributed by atoms with Crippen molar-refractivity contribution < 1.29 is 4.92 Å². The fourth-order valence-corrected chi connectivity index (χ4v) is 2.87. The number of benzene rings is 1. The second kappa shape index (κ2) is 5.10. The predicted octanol–water partition coefficient (Wildman–Crippen LogP) is 3.19. The highest BCUT2D eigenvalue weighted by Gasteiger charge is 2.31. The van der Waals surface area contributed by atoms with E-state index in [-0.39, 0.29) is 16.7 Å². The van der Waals surface area contributed by atoms with Gasteiger partial charge in [0, 0.05) is 21.5 Å². The quantitative estimate of drug-likeness (QED) is 0.687. The molecule has 0 saturated heterocycles. The van der Waals surface area contributed by atoms with Gasteiger partial charge in [-0.05, 0) is 43.4 Å². The molecule has 1 aliphatic carbocycles. The van der Waals surface area contributed by atoms with Crippen LogP contribution in [0.2, 0.25) is 0 Å². The third kappa shape index (κ3) is 2.53. The van der Waals surface area contributed by atoms with E-state index in [0.717, 1.165) is 28.2 Å². The molecule has 1 fully saturated rings. The molecule has 104 valence electrons. The predicted molar refractivity (Wildman–Crippen MR) is 80.5 cm³/mol. The van der Waals surface area contributed by atoms with Crippen molar-refractivity contribution in [1.29, 1.82) is 0 Å². The summed E-state index contributed by atoms with van der Waals surface area (Å²) in [7, 11) is 0. The molecule has 1 heterocycles. The van der Waals surface area contributed by atoms with Gasteiger partial charge < -0.3 is 5.73 Å². The van der Waals surface area contributed by atoms with Gasteiger partial charge in [0.2, 0.25) is 0 Å². The van der Waals surface area contributed by atoms with Crippen molar-refractivity contribution in [2.75, 3.05) is 0 Å². The molecule has 2 aromatic rings. The summed E-state index contributed by atoms with van der Waals surface area (Å²) < 4.78 is 0.883. The topological polar surface area (TPSA) is 82.0 Å². The van der Waals surface area contributed by atoms with Gasteiger partial charge in [-0.15, -0.1) is 0 Å². The maximum atomic E-state index is 11.2. The van der Waals surface area contributed by atoms with Crippen LogP contribution in [-0.2, 0) is 6.42 Å². The van der Waals surface area contributed by atoms with E-state index in [9.17, 15) is 10.1 Å². The molecule has 6 heteroatoms. The minimum Gasteiger partial charge on any atom is -0.327 e. The van der Waals surface area contributed by atoms with E-state index in [0.29, 0.717) is 17.9 Å². The smallest absolute Gasteiger partial charge is 0.291 e. The fourth-order valence-electron chi connectivity index (χ4n) is 2.51. The van der Waals surface area contributed by atoms with Crippen LogP contribution in [0.3, 0.4) is 0 Å². The van der Waals surface area contributed by atoms with Gasteiger partial charge in [0.25, 0.3) is 5.69 Å². The Balaban J connectivity index is 2.14. The van der Waals surface area contributed by atoms with Crippen molar-refractivity contribution in [1.82, 2.24) is 4.98 Å². The number of nitrogens with zero attached hydrogens (tertiary/aromatic N) is 2. The van der Waals surface area contributed by atoms with Gasteiger partial charge in [0.1, 0.15) is 6.20 Å². The zero-order valence-electron chi connectivity index (χ0n) is 10.8. The first-order valence-electron chi connectivity index (χ1n) is 6.53. The minimum atomic E-state index is -0.373. The lowest BCUT2D eigenvalue weighted by Gasteiger charge is -2.12. The largest absolute Gasteiger partial charge is 0.327 e. The molecule has 1 saturated carbocycles. The zero-order valence-corrected chi connectivity index (χ0v) is 12.3. The van der Waals surface area contributed by atoms with Crippen LogP contribution < -0.4 is 5.73 Å². The summed E-state index contributed by atoms with van der Waals surface area (Å²) in [4.78, 5) is 15.0. The summed E-state index contributed by atoms with van der Waals surface area (Å²) >= 11 is 3.41. The molecule has 0 spiro atoms. The third-order valence-corrected chi connectivity index (χ3v) is 4.28. The van der Waals surface area contributed by atoms with Crippen LogP contribution >= 0.6 is 15.9 Å². The molecule has 1 unspecified atom stereocenters. The average molecular weight is 336 g/mol. The van der Waals surface area contributed by atoms with Crippen molar-refractivity contribution >= 4 is 32.5 Å². The highest BCUT2D eigenvalue weighted by atomic mass is 79.9. The first-order valence-corrected chi connectivity index (χ1v) is 7.32. The fraction of sp³-hybridized carbons (Fsp3) is 0.357. The third-order valence-electron chi connectivity index (χ3n) is 3.78. The molecule has 1 atom stereocenters. The molecule has 20 heavy (non-hydrogen) atoms. The average Bonchev–Trinajstić information content (AvgIpc) is 3.23. The second-order valence-electron chi connectivity index (χ2n) is 5.25. The SMILES string of the molecule is NC(Cc1c([N+](=O)[O-])cnc2ccc(Br)cc12)C1CC1. The molecule has 3 rings (SSSR count). The van der Waals surface area contributed by atoms with Crippen LogP contribution in [0.15, 0.2) is 28.9 Å². The van der Waals surface area contributed by atoms with E-state index < -0.39 is 0 Å². The molecule has 0 amide bonds. The molecular weight excluding hydrogens is 322 g/mol. The Morgan fingerprint density at radius 2 is 2.25 bits per heavy atom. The van der Waals surface area contributed by atoms with E-state index in [2.05, 4.69) is 20.9 Å². The van der Waals surface area contributed by atoms with Gasteiger partial charge in [-0.3, -0.25) is 10.1 Å². The van der Waals surface area contributed by atoms with Crippen LogP contribution in [0.1, 0.15) is 18.4 Å². The van der Waals surface area contributed by atoms with Crippen LogP contribution in [0.25, 0.3) is 10.9 Å². The van der Waals surface area contributed by atoms with Crippen LogP contribution in [-0.4, -0.2) is 15.9 Å². The van der Waals surface area contributed by atoms with Gasteiger partial charge in [0.15, 0.2) is 0 Å². The summed E-state index contributed by atoms with van der Waals surface area (Å²) in [6, 6.07) is 5.60. The molecule has 5 nitrogen and oxygen atoms in total. The molecule has 0 bridgehead atoms. The van der Waals surface area contributed by atoms with Gasteiger partial charge >= 0.3 is 0 Å². The normalized spacial score (nSPS) is 16.3. The van der Waals surface area contributed by atoms with Crippen LogP contribution in [0.4, 0.5) is 5.69 Å². The highest BCUT2D eigenvalue weighted by Crippen LogP contribution is 2.36. The Morgan fingerprint density at radius 1 is 1.50 bits per heavy atom. The molecule has 2 N–H and O–H groups in total. The summed E-state index contributed by atoms with van der Waals surface area (Å²) in [6.45, 7) is 0. The Hall–Kier alpha value is -1.53. The van der Waals surface area contributed by atoms with E-state index in [1.807, 2.05) is 18.2 Å². The monoisotopic (exact) mass is 335 g/mol. The van der Waals surface area contributed by atoms with Crippen LogP contribution in [0, 0.1) is 16.0 Å². The summed E-state index contributed by atoms with van der Waals surface area (Å²) in [5, 5.41) is 12.0. The zero-order chi connectivity index (χ0) is 14.3. The van der Waals surface area contributed by atoms with Crippen molar-refractivity contribution in [2.24, 2.45) is 11.7 Å². The number of hydrogen-bond acceptors (Lipinski definition) is 4. The molecule has 0 radical (unpaired) electrons. The first-order chi connectivity index (χ1) is 9.56. The number of nitro groups is 1. The van der Waals surface area contributed by atoms with E-state index in [4.69, 9.17) is 5.73 Å². The van der Waals surface area contributed by atoms with Crippen molar-refractivity contribution in [2.45, 2.75) is 25.3 Å². The number of pyridine rings is 1. The van der Waals surface area contributed by atoms with E-state index in [1.165, 1.54) is 6.20 Å². The lowest BCUT2D eigenvalue weighted by molar-refractivity contribution is -0.385. The Labute approximate surface area is 124 Å². The number of rotatable bonds is 4. The first kappa shape index (κ1) is 13.5. The summed E-state index contributed by atoms with van der Waals surface area (Å²) in [5.41, 5.74) is 7.67. The lowest BCUT2D eigenvalue weighted by Crippen LogP contribution is -2.25. The maximum absolute atomic E-state index is 11.2. The molecule has 1 aliphatic rings. The van der Waals surface area contributed by atoms with Gasteiger partial charge in [-0.2, -0.15) is 0 Å². The minimum absolute atomic E-state index is 0.0155. The highest BCUT2D eigenvalue weighted by molar-refractivity contribution is 9.10. The number of aromatic nitrogens is 1. The van der Waals surface area contributed by atoms with E-state index in [1.54, 1.807) is 0 Å². The summed E-state index contributed by atoms with van der Waals surface area (Å²) in [6.07, 6.45) is 4.12. The Bertz CT molecular complexity index is 685. The van der Waals surface area contributed by atoms with Gasteiger partial charge in [0.05, 0.1) is 10.4 Å². The van der Waals surface area contributed by atoms with Crippen molar-refractivity contribution in [3.8, 4) is 0 Å². The number of fused-ring (bicyclic) bond motifs is 1. The molecule has 1 aromatic heterocycles. The number of hydrogen-bond donors (Lipinski definition) is 1. The second-order valence-corrected chi connectivity index (χ2v) is 6.16. The van der Waals surface area contributed by atoms with Gasteiger partial charge in [-0.1, -0.05) is 15.9 Å². The van der Waals surface area contributed by atoms with Gasteiger partial charge in [-0.25, -0.2) is 4.98 Å². The molecular formula is C14H14BrN3O2. The van der Waals surface area contributed by atoms with Crippen molar-refractivity contribution in [3.05, 3.63) is 44.5 Å². The van der Waals surface area contributed by atoms with Crippen LogP contribution in [0.5, 0.6) is 0 Å². The van der Waals surface area contributed by atoms with Crippen molar-refractivity contribution in [3.63, 3.8) is 0 Å². The summed E-state index contributed by atoms with van der Waals surface area (Å²) in [5.74, 6) is 0.505. The number of halogens is 1. The lowest BCUT2D eigenvalue weighted by atomic mass is 9.98. The molecule has 0 aliphatic heterocycles. The van der Waals surface area contributed by atoms with E-state index >= 15 is 0 Å². The maximum Gasteiger partial charge on any atom is 0.291 e. The molecule has 1 aromatic carbocycles. The Morgan fingerprint density at radius 3 is 2.90 bits per heavy atom. The Kier molecular flexibility index (Phi) is 3.43. The standard InChI is InChI=1S/C14H14BrN3O2/c15-9-3-4-13-10(5-9)11(6-12(16)8-1-2-8)14(7-17-13)18(19)20/h3-5,7-8,12H,1-2,6,16H2. The number of nitrogens with two attached hydrogens (primary N) is 1.